The molecule has 0 bridgehead atoms. The van der Waals surface area contributed by atoms with Crippen LogP contribution in [0.4, 0.5) is 0 Å². The van der Waals surface area contributed by atoms with E-state index in [0.717, 1.165) is 5.56 Å². The lowest BCUT2D eigenvalue weighted by molar-refractivity contribution is -0.0336. The highest BCUT2D eigenvalue weighted by Crippen LogP contribution is 2.07. The first-order valence-corrected chi connectivity index (χ1v) is 4.62. The smallest absolute Gasteiger partial charge is 0.162 e. The van der Waals surface area contributed by atoms with Crippen LogP contribution in [0.5, 0.6) is 0 Å². The molecule has 1 aromatic rings. The molecule has 1 aromatic carbocycles. The van der Waals surface area contributed by atoms with Crippen molar-refractivity contribution in [3.05, 3.63) is 46.3 Å². The molecule has 0 heterocycles. The van der Waals surface area contributed by atoms with Crippen LogP contribution in [0, 0.1) is 0 Å². The predicted octanol–water partition coefficient (Wildman–Crippen LogP) is 2.22. The summed E-state index contributed by atoms with van der Waals surface area (Å²) in [6.07, 6.45) is -1.65. The van der Waals surface area contributed by atoms with Gasteiger partial charge >= 0.3 is 0 Å². The molecule has 1 N–H and O–H groups in total. The van der Waals surface area contributed by atoms with Crippen LogP contribution in [-0.4, -0.2) is 17.4 Å². The molecule has 0 spiro atoms. The van der Waals surface area contributed by atoms with E-state index < -0.39 is 12.3 Å². The summed E-state index contributed by atoms with van der Waals surface area (Å²) in [5, 5.41) is 12.6. The first-order chi connectivity index (χ1) is 7.24. The molecule has 0 radical (unpaired) electrons. The van der Waals surface area contributed by atoms with Gasteiger partial charge in [-0.3, -0.25) is 0 Å². The lowest BCUT2D eigenvalue weighted by atomic mass is 10.2. The van der Waals surface area contributed by atoms with Crippen LogP contribution in [0.1, 0.15) is 12.5 Å². The van der Waals surface area contributed by atoms with E-state index >= 15 is 0 Å². The zero-order valence-corrected chi connectivity index (χ0v) is 8.45. The van der Waals surface area contributed by atoms with Crippen molar-refractivity contribution in [2.75, 3.05) is 0 Å². The fraction of sp³-hybridized carbons (Fsp3) is 0.400. The molecule has 15 heavy (non-hydrogen) atoms. The molecule has 0 saturated heterocycles. The topological polar surface area (TPSA) is 78.2 Å². The normalized spacial score (nSPS) is 14.0. The summed E-state index contributed by atoms with van der Waals surface area (Å²) in [6, 6.07) is 9.49. The number of benzene rings is 1. The van der Waals surface area contributed by atoms with Crippen molar-refractivity contribution in [2.45, 2.75) is 25.9 Å². The Morgan fingerprint density at radius 2 is 2.13 bits per heavy atom. The molecule has 5 nitrogen and oxygen atoms in total. The summed E-state index contributed by atoms with van der Waals surface area (Å²) in [4.78, 5) is 2.61. The number of ether oxygens (including phenoxy) is 1. The highest BCUT2D eigenvalue weighted by molar-refractivity contribution is 5.13. The summed E-state index contributed by atoms with van der Waals surface area (Å²) in [6.45, 7) is 1.83. The number of hydrogen-bond acceptors (Lipinski definition) is 3. The Morgan fingerprint density at radius 1 is 1.47 bits per heavy atom. The molecule has 80 valence electrons. The molecule has 0 aliphatic carbocycles. The number of aliphatic hydroxyl groups is 1. The molecule has 0 aliphatic rings. The highest BCUT2D eigenvalue weighted by Gasteiger charge is 2.12. The van der Waals surface area contributed by atoms with Gasteiger partial charge in [0.15, 0.2) is 6.23 Å². The summed E-state index contributed by atoms with van der Waals surface area (Å²) in [5.74, 6) is 0. The molecule has 5 heteroatoms. The number of aliphatic hydroxyl groups excluding tert-OH is 1. The molecule has 2 unspecified atom stereocenters. The highest BCUT2D eigenvalue weighted by atomic mass is 16.5. The van der Waals surface area contributed by atoms with E-state index in [2.05, 4.69) is 10.0 Å². The first-order valence-electron chi connectivity index (χ1n) is 4.62. The van der Waals surface area contributed by atoms with E-state index in [-0.39, 0.29) is 0 Å². The zero-order valence-electron chi connectivity index (χ0n) is 8.45. The van der Waals surface area contributed by atoms with Crippen molar-refractivity contribution in [2.24, 2.45) is 5.11 Å². The quantitative estimate of drug-likeness (QED) is 0.456. The summed E-state index contributed by atoms with van der Waals surface area (Å²) < 4.78 is 5.26. The third-order valence-corrected chi connectivity index (χ3v) is 1.84. The van der Waals surface area contributed by atoms with Crippen molar-refractivity contribution in [1.29, 1.82) is 0 Å². The van der Waals surface area contributed by atoms with Crippen LogP contribution < -0.4 is 0 Å². The standard InChI is InChI=1S/C10H13N3O2/c1-8(14)10(12-13-11)15-7-9-5-3-2-4-6-9/h2-6,8,10,14H,7H2,1H3. The van der Waals surface area contributed by atoms with Crippen molar-refractivity contribution in [1.82, 2.24) is 0 Å². The number of hydrogen-bond donors (Lipinski definition) is 1. The van der Waals surface area contributed by atoms with Gasteiger partial charge < -0.3 is 9.84 Å². The second kappa shape index (κ2) is 6.03. The van der Waals surface area contributed by atoms with Gasteiger partial charge in [0, 0.05) is 4.91 Å². The lowest BCUT2D eigenvalue weighted by Gasteiger charge is -2.14. The number of azide groups is 1. The van der Waals surface area contributed by atoms with Crippen LogP contribution in [-0.2, 0) is 11.3 Å². The fourth-order valence-corrected chi connectivity index (χ4v) is 1.08. The Hall–Kier alpha value is -1.55. The van der Waals surface area contributed by atoms with Gasteiger partial charge in [-0.25, -0.2) is 0 Å². The molecule has 0 aromatic heterocycles. The molecule has 0 fully saturated rings. The Kier molecular flexibility index (Phi) is 4.63. The minimum atomic E-state index is -0.838. The van der Waals surface area contributed by atoms with Crippen molar-refractivity contribution in [3.8, 4) is 0 Å². The fourth-order valence-electron chi connectivity index (χ4n) is 1.08. The van der Waals surface area contributed by atoms with Crippen molar-refractivity contribution in [3.63, 3.8) is 0 Å². The summed E-state index contributed by atoms with van der Waals surface area (Å²) >= 11 is 0. The Labute approximate surface area is 87.9 Å². The van der Waals surface area contributed by atoms with E-state index in [9.17, 15) is 5.11 Å². The molecule has 0 amide bonds. The second-order valence-corrected chi connectivity index (χ2v) is 3.13. The Bertz CT molecular complexity index is 334. The average Bonchev–Trinajstić information content (AvgIpc) is 2.25. The van der Waals surface area contributed by atoms with Gasteiger partial charge in [0.25, 0.3) is 0 Å². The van der Waals surface area contributed by atoms with Gasteiger partial charge in [0.2, 0.25) is 0 Å². The summed E-state index contributed by atoms with van der Waals surface area (Å²) in [7, 11) is 0. The molecular formula is C10H13N3O2. The minimum Gasteiger partial charge on any atom is -0.391 e. The SMILES string of the molecule is CC(O)C(N=[N+]=[N-])OCc1ccccc1. The molecule has 0 aliphatic heterocycles. The first kappa shape index (κ1) is 11.5. The van der Waals surface area contributed by atoms with Gasteiger partial charge in [-0.2, -0.15) is 0 Å². The largest absolute Gasteiger partial charge is 0.391 e. The van der Waals surface area contributed by atoms with Crippen molar-refractivity contribution < 1.29 is 9.84 Å². The summed E-state index contributed by atoms with van der Waals surface area (Å²) in [5.41, 5.74) is 9.22. The van der Waals surface area contributed by atoms with Crippen LogP contribution in [0.3, 0.4) is 0 Å². The Morgan fingerprint density at radius 3 is 2.67 bits per heavy atom. The molecular weight excluding hydrogens is 194 g/mol. The van der Waals surface area contributed by atoms with Gasteiger partial charge in [-0.1, -0.05) is 35.4 Å². The van der Waals surface area contributed by atoms with Gasteiger partial charge in [0.05, 0.1) is 12.7 Å². The Balaban J connectivity index is 2.51. The maximum Gasteiger partial charge on any atom is 0.162 e. The number of nitrogens with zero attached hydrogens (tertiary/aromatic N) is 3. The number of rotatable bonds is 5. The van der Waals surface area contributed by atoms with E-state index in [4.69, 9.17) is 10.3 Å². The predicted molar refractivity (Wildman–Crippen MR) is 55.8 cm³/mol. The van der Waals surface area contributed by atoms with Crippen LogP contribution in [0.15, 0.2) is 35.4 Å². The maximum absolute atomic E-state index is 9.23. The molecule has 1 rings (SSSR count). The van der Waals surface area contributed by atoms with Gasteiger partial charge in [-0.05, 0) is 18.0 Å². The van der Waals surface area contributed by atoms with E-state index in [1.54, 1.807) is 0 Å². The van der Waals surface area contributed by atoms with Gasteiger partial charge in [-0.15, -0.1) is 0 Å². The monoisotopic (exact) mass is 207 g/mol. The average molecular weight is 207 g/mol. The van der Waals surface area contributed by atoms with E-state index in [1.165, 1.54) is 6.92 Å². The lowest BCUT2D eigenvalue weighted by Crippen LogP contribution is -2.23. The maximum atomic E-state index is 9.23. The molecule has 0 saturated carbocycles. The van der Waals surface area contributed by atoms with Crippen molar-refractivity contribution >= 4 is 0 Å². The third-order valence-electron chi connectivity index (χ3n) is 1.84. The van der Waals surface area contributed by atoms with Gasteiger partial charge in [0.1, 0.15) is 0 Å². The van der Waals surface area contributed by atoms with Crippen LogP contribution in [0.2, 0.25) is 0 Å². The van der Waals surface area contributed by atoms with E-state index in [1.807, 2.05) is 30.3 Å². The third kappa shape index (κ3) is 3.99. The van der Waals surface area contributed by atoms with Crippen LogP contribution >= 0.6 is 0 Å². The zero-order chi connectivity index (χ0) is 11.1. The van der Waals surface area contributed by atoms with Crippen LogP contribution in [0.25, 0.3) is 10.4 Å². The van der Waals surface area contributed by atoms with E-state index in [0.29, 0.717) is 6.61 Å². The molecule has 2 atom stereocenters. The second-order valence-electron chi connectivity index (χ2n) is 3.13. The minimum absolute atomic E-state index is 0.315.